The standard InChI is InChI=1S/C11H11Cl2NO5S2/c12-8-5-7(9(13)20-8)21(17,18)19-11(10(14)16)3-1-6(15)2-4-11/h5H,1-4H2,(H2,14,16). The second kappa shape index (κ2) is 5.85. The van der Waals surface area contributed by atoms with Crippen LogP contribution in [0.2, 0.25) is 8.67 Å². The van der Waals surface area contributed by atoms with Crippen LogP contribution in [0.4, 0.5) is 0 Å². The predicted octanol–water partition coefficient (Wildman–Crippen LogP) is 2.13. The molecule has 1 heterocycles. The van der Waals surface area contributed by atoms with Crippen LogP contribution in [-0.2, 0) is 23.9 Å². The Morgan fingerprint density at radius 2 is 1.90 bits per heavy atom. The summed E-state index contributed by atoms with van der Waals surface area (Å²) in [6.07, 6.45) is -0.0705. The Labute approximate surface area is 135 Å². The average Bonchev–Trinajstić information content (AvgIpc) is 2.72. The molecular weight excluding hydrogens is 361 g/mol. The zero-order chi connectivity index (χ0) is 15.8. The highest BCUT2D eigenvalue weighted by molar-refractivity contribution is 7.87. The molecule has 0 radical (unpaired) electrons. The SMILES string of the molecule is NC(=O)C1(OS(=O)(=O)c2cc(Cl)sc2Cl)CCC(=O)CC1. The number of primary amides is 1. The van der Waals surface area contributed by atoms with Gasteiger partial charge in [-0.2, -0.15) is 8.42 Å². The molecule has 1 amide bonds. The van der Waals surface area contributed by atoms with Crippen LogP contribution in [0.5, 0.6) is 0 Å². The van der Waals surface area contributed by atoms with E-state index < -0.39 is 21.6 Å². The maximum absolute atomic E-state index is 12.3. The maximum Gasteiger partial charge on any atom is 0.300 e. The molecule has 2 rings (SSSR count). The van der Waals surface area contributed by atoms with Gasteiger partial charge in [0.05, 0.1) is 4.34 Å². The lowest BCUT2D eigenvalue weighted by molar-refractivity contribution is -0.139. The van der Waals surface area contributed by atoms with E-state index in [1.807, 2.05) is 0 Å². The fourth-order valence-corrected chi connectivity index (χ4v) is 5.40. The average molecular weight is 372 g/mol. The van der Waals surface area contributed by atoms with Crippen molar-refractivity contribution >= 4 is 56.3 Å². The van der Waals surface area contributed by atoms with Crippen LogP contribution in [0.25, 0.3) is 0 Å². The van der Waals surface area contributed by atoms with Crippen molar-refractivity contribution in [3.8, 4) is 0 Å². The third-order valence-corrected chi connectivity index (χ3v) is 6.36. The maximum atomic E-state index is 12.3. The third kappa shape index (κ3) is 3.40. The van der Waals surface area contributed by atoms with E-state index in [9.17, 15) is 18.0 Å². The summed E-state index contributed by atoms with van der Waals surface area (Å²) in [5.41, 5.74) is 3.56. The number of ketones is 1. The minimum absolute atomic E-state index is 0.0383. The number of carbonyl (C=O) groups is 2. The number of halogens is 2. The van der Waals surface area contributed by atoms with Crippen molar-refractivity contribution in [2.45, 2.75) is 36.2 Å². The quantitative estimate of drug-likeness (QED) is 0.816. The highest BCUT2D eigenvalue weighted by Gasteiger charge is 2.46. The normalized spacial score (nSPS) is 18.7. The number of hydrogen-bond acceptors (Lipinski definition) is 6. The number of hydrogen-bond donors (Lipinski definition) is 1. The van der Waals surface area contributed by atoms with Gasteiger partial charge in [-0.1, -0.05) is 23.2 Å². The topological polar surface area (TPSA) is 104 Å². The summed E-state index contributed by atoms with van der Waals surface area (Å²) < 4.78 is 29.7. The molecule has 1 saturated carbocycles. The van der Waals surface area contributed by atoms with Gasteiger partial charge in [0, 0.05) is 12.8 Å². The molecule has 0 unspecified atom stereocenters. The minimum atomic E-state index is -4.31. The Balaban J connectivity index is 2.35. The van der Waals surface area contributed by atoms with Gasteiger partial charge in [-0.05, 0) is 18.9 Å². The molecule has 0 bridgehead atoms. The first kappa shape index (κ1) is 16.7. The number of rotatable bonds is 4. The van der Waals surface area contributed by atoms with E-state index in [0.717, 1.165) is 17.4 Å². The van der Waals surface area contributed by atoms with Gasteiger partial charge in [0.25, 0.3) is 16.0 Å². The van der Waals surface area contributed by atoms with Crippen LogP contribution < -0.4 is 5.73 Å². The van der Waals surface area contributed by atoms with E-state index >= 15 is 0 Å². The van der Waals surface area contributed by atoms with Crippen LogP contribution in [0.15, 0.2) is 11.0 Å². The first-order chi connectivity index (χ1) is 9.66. The molecule has 1 aliphatic carbocycles. The Morgan fingerprint density at radius 3 is 2.33 bits per heavy atom. The summed E-state index contributed by atoms with van der Waals surface area (Å²) in [5, 5.41) is 0. The van der Waals surface area contributed by atoms with Gasteiger partial charge in [0.1, 0.15) is 15.0 Å². The lowest BCUT2D eigenvalue weighted by Gasteiger charge is -2.32. The minimum Gasteiger partial charge on any atom is -0.367 e. The summed E-state index contributed by atoms with van der Waals surface area (Å²) in [7, 11) is -4.31. The molecule has 1 aliphatic rings. The third-order valence-electron chi connectivity index (χ3n) is 3.23. The number of thiophene rings is 1. The Kier molecular flexibility index (Phi) is 4.65. The van der Waals surface area contributed by atoms with Crippen molar-refractivity contribution in [3.05, 3.63) is 14.7 Å². The van der Waals surface area contributed by atoms with Gasteiger partial charge in [-0.15, -0.1) is 11.3 Å². The van der Waals surface area contributed by atoms with Crippen LogP contribution in [0.1, 0.15) is 25.7 Å². The largest absolute Gasteiger partial charge is 0.367 e. The predicted molar refractivity (Wildman–Crippen MR) is 78.0 cm³/mol. The van der Waals surface area contributed by atoms with Gasteiger partial charge in [-0.25, -0.2) is 4.18 Å². The van der Waals surface area contributed by atoms with Gasteiger partial charge in [0.15, 0.2) is 5.60 Å². The Hall–Kier alpha value is -0.670. The molecule has 1 aromatic rings. The highest BCUT2D eigenvalue weighted by atomic mass is 35.5. The molecule has 0 aromatic carbocycles. The summed E-state index contributed by atoms with van der Waals surface area (Å²) in [5.74, 6) is -0.986. The number of carbonyl (C=O) groups excluding carboxylic acids is 2. The van der Waals surface area contributed by atoms with Gasteiger partial charge >= 0.3 is 0 Å². The molecule has 10 heteroatoms. The lowest BCUT2D eigenvalue weighted by atomic mass is 9.84. The summed E-state index contributed by atoms with van der Waals surface area (Å²) >= 11 is 12.4. The van der Waals surface area contributed by atoms with E-state index in [4.69, 9.17) is 33.1 Å². The van der Waals surface area contributed by atoms with E-state index in [2.05, 4.69) is 0 Å². The van der Waals surface area contributed by atoms with Crippen LogP contribution in [0, 0.1) is 0 Å². The van der Waals surface area contributed by atoms with E-state index in [1.165, 1.54) is 0 Å². The van der Waals surface area contributed by atoms with Crippen molar-refractivity contribution in [2.24, 2.45) is 5.73 Å². The second-order valence-corrected chi connectivity index (χ2v) is 8.42. The van der Waals surface area contributed by atoms with E-state index in [1.54, 1.807) is 0 Å². The zero-order valence-electron chi connectivity index (χ0n) is 10.6. The Bertz CT molecular complexity index is 687. The fourth-order valence-electron chi connectivity index (χ4n) is 2.05. The van der Waals surface area contributed by atoms with Crippen molar-refractivity contribution in [1.29, 1.82) is 0 Å². The molecule has 0 atom stereocenters. The van der Waals surface area contributed by atoms with Gasteiger partial charge in [0.2, 0.25) is 0 Å². The summed E-state index contributed by atoms with van der Waals surface area (Å²) in [6.45, 7) is 0. The molecule has 1 aromatic heterocycles. The molecule has 1 fully saturated rings. The monoisotopic (exact) mass is 371 g/mol. The zero-order valence-corrected chi connectivity index (χ0v) is 13.7. The highest BCUT2D eigenvalue weighted by Crippen LogP contribution is 2.39. The molecule has 21 heavy (non-hydrogen) atoms. The molecule has 2 N–H and O–H groups in total. The number of Topliss-reactive ketones (excluding diaryl/α,β-unsaturated/α-hetero) is 1. The molecular formula is C11H11Cl2NO5S2. The summed E-state index contributed by atoms with van der Waals surface area (Å²) in [6, 6.07) is 1.15. The van der Waals surface area contributed by atoms with Crippen LogP contribution >= 0.6 is 34.5 Å². The Morgan fingerprint density at radius 1 is 1.33 bits per heavy atom. The van der Waals surface area contributed by atoms with Gasteiger partial charge in [-0.3, -0.25) is 9.59 Å². The number of nitrogens with two attached hydrogens (primary N) is 1. The second-order valence-electron chi connectivity index (χ2n) is 4.62. The smallest absolute Gasteiger partial charge is 0.300 e. The number of amides is 1. The van der Waals surface area contributed by atoms with E-state index in [0.29, 0.717) is 0 Å². The van der Waals surface area contributed by atoms with Crippen molar-refractivity contribution in [2.75, 3.05) is 0 Å². The van der Waals surface area contributed by atoms with Crippen LogP contribution in [0.3, 0.4) is 0 Å². The molecule has 0 spiro atoms. The fraction of sp³-hybridized carbons (Fsp3) is 0.455. The van der Waals surface area contributed by atoms with Crippen molar-refractivity contribution in [3.63, 3.8) is 0 Å². The first-order valence-corrected chi connectivity index (χ1v) is 8.86. The van der Waals surface area contributed by atoms with Crippen molar-refractivity contribution in [1.82, 2.24) is 0 Å². The molecule has 116 valence electrons. The summed E-state index contributed by atoms with van der Waals surface area (Å²) in [4.78, 5) is 22.6. The first-order valence-electron chi connectivity index (χ1n) is 5.88. The van der Waals surface area contributed by atoms with Crippen molar-refractivity contribution < 1.29 is 22.2 Å². The van der Waals surface area contributed by atoms with E-state index in [-0.39, 0.29) is 45.0 Å². The lowest BCUT2D eigenvalue weighted by Crippen LogP contribution is -2.50. The van der Waals surface area contributed by atoms with Gasteiger partial charge < -0.3 is 5.73 Å². The molecule has 0 aliphatic heterocycles. The molecule has 0 saturated heterocycles. The van der Waals surface area contributed by atoms with Crippen LogP contribution in [-0.4, -0.2) is 25.7 Å². The molecule has 6 nitrogen and oxygen atoms in total.